The molecule has 1 fully saturated rings. The van der Waals surface area contributed by atoms with E-state index in [1.54, 1.807) is 18.2 Å². The number of likely N-dealkylation sites (tertiary alicyclic amines) is 1. The number of guanidine groups is 1. The number of aliphatic imine (C=N–C) groups is 1. The summed E-state index contributed by atoms with van der Waals surface area (Å²) in [6.45, 7) is 10.5. The van der Waals surface area contributed by atoms with Gasteiger partial charge in [-0.25, -0.2) is 4.79 Å². The summed E-state index contributed by atoms with van der Waals surface area (Å²) in [5.41, 5.74) is 0. The second-order valence-electron chi connectivity index (χ2n) is 6.81. The summed E-state index contributed by atoms with van der Waals surface area (Å²) in [5, 5.41) is 6.92. The third-order valence-electron chi connectivity index (χ3n) is 5.17. The Morgan fingerprint density at radius 1 is 1.34 bits per heavy atom. The number of carbonyl (C=O) groups is 1. The fraction of sp³-hybridized carbons (Fsp3) is 0.700. The number of ether oxygens (including phenoxy) is 1. The molecular weight excluding hydrogens is 485 g/mol. The van der Waals surface area contributed by atoms with Crippen LogP contribution < -0.4 is 10.6 Å². The molecule has 29 heavy (non-hydrogen) atoms. The van der Waals surface area contributed by atoms with Crippen molar-refractivity contribution in [3.63, 3.8) is 0 Å². The molecular formula is C20H36IN5O3. The first-order chi connectivity index (χ1) is 13.6. The van der Waals surface area contributed by atoms with Gasteiger partial charge < -0.3 is 24.7 Å². The Labute approximate surface area is 191 Å². The van der Waals surface area contributed by atoms with Gasteiger partial charge in [-0.05, 0) is 45.0 Å². The second-order valence-corrected chi connectivity index (χ2v) is 6.81. The lowest BCUT2D eigenvalue weighted by molar-refractivity contribution is 0.0963. The predicted octanol–water partition coefficient (Wildman–Crippen LogP) is 3.07. The van der Waals surface area contributed by atoms with Crippen LogP contribution in [0.25, 0.3) is 0 Å². The van der Waals surface area contributed by atoms with E-state index in [0.29, 0.717) is 26.2 Å². The van der Waals surface area contributed by atoms with Crippen molar-refractivity contribution in [2.24, 2.45) is 4.99 Å². The van der Waals surface area contributed by atoms with Gasteiger partial charge in [-0.3, -0.25) is 9.89 Å². The average molecular weight is 521 g/mol. The van der Waals surface area contributed by atoms with Gasteiger partial charge in [-0.2, -0.15) is 0 Å². The minimum absolute atomic E-state index is 0. The summed E-state index contributed by atoms with van der Waals surface area (Å²) >= 11 is 0. The third-order valence-corrected chi connectivity index (χ3v) is 5.17. The van der Waals surface area contributed by atoms with Crippen LogP contribution in [0.2, 0.25) is 0 Å². The Hall–Kier alpha value is -1.49. The van der Waals surface area contributed by atoms with Crippen molar-refractivity contribution < 1.29 is 13.9 Å². The lowest BCUT2D eigenvalue weighted by Gasteiger charge is -2.33. The summed E-state index contributed by atoms with van der Waals surface area (Å²) in [6.07, 6.45) is 3.24. The van der Waals surface area contributed by atoms with Crippen molar-refractivity contribution in [3.8, 4) is 0 Å². The summed E-state index contributed by atoms with van der Waals surface area (Å²) < 4.78 is 10.7. The van der Waals surface area contributed by atoms with E-state index < -0.39 is 0 Å². The van der Waals surface area contributed by atoms with E-state index in [-0.39, 0.29) is 42.2 Å². The van der Waals surface area contributed by atoms with Gasteiger partial charge >= 0.3 is 6.09 Å². The number of carbonyl (C=O) groups excluding carboxylic acids is 1. The first-order valence-electron chi connectivity index (χ1n) is 10.3. The highest BCUT2D eigenvalue weighted by molar-refractivity contribution is 14.0. The fourth-order valence-electron chi connectivity index (χ4n) is 3.56. The molecule has 2 rings (SSSR count). The molecule has 1 aromatic rings. The zero-order valence-electron chi connectivity index (χ0n) is 18.0. The van der Waals surface area contributed by atoms with E-state index in [9.17, 15) is 4.79 Å². The Morgan fingerprint density at radius 3 is 2.55 bits per heavy atom. The van der Waals surface area contributed by atoms with Crippen LogP contribution in [0.15, 0.2) is 27.8 Å². The molecule has 9 heteroatoms. The van der Waals surface area contributed by atoms with Crippen molar-refractivity contribution in [2.75, 3.05) is 46.4 Å². The Balaban J connectivity index is 0.00000420. The highest BCUT2D eigenvalue weighted by Crippen LogP contribution is 2.20. The number of nitrogens with one attached hydrogen (secondary N) is 2. The molecule has 0 spiro atoms. The van der Waals surface area contributed by atoms with Crippen LogP contribution in [0.1, 0.15) is 45.4 Å². The minimum Gasteiger partial charge on any atom is -0.468 e. The number of nitrogens with zero attached hydrogens (tertiary/aromatic N) is 3. The standard InChI is InChI=1S/C20H35N5O3.HI/c1-5-24(6-2)17(18-9-8-14-28-18)15-22-19(21-4)23-16-10-12-25(13-11-16)20(26)27-7-3;/h8-9,14,16-17H,5-7,10-13,15H2,1-4H3,(H2,21,22,23);1H. The quantitative estimate of drug-likeness (QED) is 0.311. The maximum absolute atomic E-state index is 11.8. The van der Waals surface area contributed by atoms with Crippen LogP contribution in [0, 0.1) is 0 Å². The smallest absolute Gasteiger partial charge is 0.409 e. The SMILES string of the molecule is CCOC(=O)N1CCC(NC(=NC)NCC(c2ccco2)N(CC)CC)CC1.I. The molecule has 166 valence electrons. The lowest BCUT2D eigenvalue weighted by atomic mass is 10.1. The van der Waals surface area contributed by atoms with Gasteiger partial charge in [0.2, 0.25) is 0 Å². The number of hydrogen-bond donors (Lipinski definition) is 2. The Morgan fingerprint density at radius 2 is 2.03 bits per heavy atom. The number of halogens is 1. The molecule has 1 atom stereocenters. The van der Waals surface area contributed by atoms with Crippen molar-refractivity contribution in [3.05, 3.63) is 24.2 Å². The molecule has 8 nitrogen and oxygen atoms in total. The normalized spacial score (nSPS) is 16.3. The van der Waals surface area contributed by atoms with Gasteiger partial charge in [0.1, 0.15) is 5.76 Å². The number of likely N-dealkylation sites (N-methyl/N-ethyl adjacent to an activating group) is 1. The number of furan rings is 1. The zero-order valence-corrected chi connectivity index (χ0v) is 20.3. The van der Waals surface area contributed by atoms with Crippen LogP contribution in [-0.2, 0) is 4.74 Å². The maximum atomic E-state index is 11.8. The molecule has 0 aliphatic carbocycles. The average Bonchev–Trinajstić information content (AvgIpc) is 3.25. The van der Waals surface area contributed by atoms with Crippen LogP contribution in [-0.4, -0.2) is 74.3 Å². The molecule has 1 aromatic heterocycles. The minimum atomic E-state index is -0.219. The number of piperidine rings is 1. The van der Waals surface area contributed by atoms with Crippen molar-refractivity contribution in [1.82, 2.24) is 20.4 Å². The van der Waals surface area contributed by atoms with Gasteiger partial charge in [0.15, 0.2) is 5.96 Å². The van der Waals surface area contributed by atoms with E-state index in [1.165, 1.54) is 0 Å². The van der Waals surface area contributed by atoms with Crippen molar-refractivity contribution in [2.45, 2.75) is 45.7 Å². The molecule has 1 amide bonds. The number of rotatable bonds is 8. The van der Waals surface area contributed by atoms with E-state index in [1.807, 2.05) is 19.1 Å². The number of hydrogen-bond acceptors (Lipinski definition) is 5. The Bertz CT molecular complexity index is 599. The maximum Gasteiger partial charge on any atom is 0.409 e. The summed E-state index contributed by atoms with van der Waals surface area (Å²) in [6, 6.07) is 4.38. The third kappa shape index (κ3) is 7.69. The van der Waals surface area contributed by atoms with E-state index in [4.69, 9.17) is 9.15 Å². The molecule has 0 radical (unpaired) electrons. The molecule has 1 unspecified atom stereocenters. The van der Waals surface area contributed by atoms with Crippen LogP contribution >= 0.6 is 24.0 Å². The molecule has 2 N–H and O–H groups in total. The largest absolute Gasteiger partial charge is 0.468 e. The molecule has 1 aliphatic rings. The first kappa shape index (κ1) is 25.5. The summed E-state index contributed by atoms with van der Waals surface area (Å²) in [5.74, 6) is 1.73. The topological polar surface area (TPSA) is 82.3 Å². The molecule has 0 saturated carbocycles. The molecule has 0 aromatic carbocycles. The van der Waals surface area contributed by atoms with E-state index in [2.05, 4.69) is 34.4 Å². The molecule has 1 saturated heterocycles. The summed E-state index contributed by atoms with van der Waals surface area (Å²) in [4.78, 5) is 20.3. The van der Waals surface area contributed by atoms with Gasteiger partial charge in [0.25, 0.3) is 0 Å². The monoisotopic (exact) mass is 521 g/mol. The Kier molecular flexibility index (Phi) is 12.1. The predicted molar refractivity (Wildman–Crippen MR) is 126 cm³/mol. The van der Waals surface area contributed by atoms with E-state index in [0.717, 1.165) is 37.7 Å². The van der Waals surface area contributed by atoms with Gasteiger partial charge in [-0.15, -0.1) is 24.0 Å². The van der Waals surface area contributed by atoms with Gasteiger partial charge in [0.05, 0.1) is 18.9 Å². The van der Waals surface area contributed by atoms with Gasteiger partial charge in [0, 0.05) is 32.7 Å². The highest BCUT2D eigenvalue weighted by atomic mass is 127. The number of amides is 1. The lowest BCUT2D eigenvalue weighted by Crippen LogP contribution is -2.51. The van der Waals surface area contributed by atoms with Crippen molar-refractivity contribution in [1.29, 1.82) is 0 Å². The van der Waals surface area contributed by atoms with Crippen LogP contribution in [0.5, 0.6) is 0 Å². The molecule has 1 aliphatic heterocycles. The van der Waals surface area contributed by atoms with Gasteiger partial charge in [-0.1, -0.05) is 13.8 Å². The fourth-order valence-corrected chi connectivity index (χ4v) is 3.56. The van der Waals surface area contributed by atoms with Crippen LogP contribution in [0.4, 0.5) is 4.79 Å². The van der Waals surface area contributed by atoms with E-state index >= 15 is 0 Å². The van der Waals surface area contributed by atoms with Crippen molar-refractivity contribution >= 4 is 36.0 Å². The molecule has 2 heterocycles. The van der Waals surface area contributed by atoms with Crippen LogP contribution in [0.3, 0.4) is 0 Å². The zero-order chi connectivity index (χ0) is 20.4. The highest BCUT2D eigenvalue weighted by Gasteiger charge is 2.25. The summed E-state index contributed by atoms with van der Waals surface area (Å²) in [7, 11) is 1.78. The second kappa shape index (κ2) is 13.7. The molecule has 0 bridgehead atoms. The first-order valence-corrected chi connectivity index (χ1v) is 10.3.